The second-order valence-electron chi connectivity index (χ2n) is 5.53. The van der Waals surface area contributed by atoms with E-state index in [1.54, 1.807) is 31.4 Å². The van der Waals surface area contributed by atoms with Gasteiger partial charge in [-0.3, -0.25) is 0 Å². The lowest BCUT2D eigenvalue weighted by molar-refractivity contribution is 0.310. The lowest BCUT2D eigenvalue weighted by Crippen LogP contribution is -2.01. The Labute approximate surface area is 159 Å². The number of hydrogen-bond donors (Lipinski definition) is 1. The second kappa shape index (κ2) is 7.43. The van der Waals surface area contributed by atoms with Gasteiger partial charge in [-0.2, -0.15) is 0 Å². The maximum atomic E-state index is 11.2. The van der Waals surface area contributed by atoms with E-state index in [1.165, 1.54) is 4.57 Å². The van der Waals surface area contributed by atoms with Crippen molar-refractivity contribution < 1.29 is 14.6 Å². The zero-order chi connectivity index (χ0) is 18.8. The molecular formula is C18H16Cl2N2O4. The SMILES string of the molecule is CCOc1ccc(Cn2c(O)c(N=O)c3ccc(Cl)c(Cl)c32)cc1OC. The van der Waals surface area contributed by atoms with Gasteiger partial charge in [0.1, 0.15) is 0 Å². The Morgan fingerprint density at radius 2 is 1.96 bits per heavy atom. The summed E-state index contributed by atoms with van der Waals surface area (Å²) in [7, 11) is 1.55. The van der Waals surface area contributed by atoms with Crippen molar-refractivity contribution in [1.82, 2.24) is 4.57 Å². The first kappa shape index (κ1) is 18.4. The molecule has 0 aliphatic heterocycles. The first-order chi connectivity index (χ1) is 12.5. The van der Waals surface area contributed by atoms with Crippen molar-refractivity contribution in [2.75, 3.05) is 13.7 Å². The third-order valence-corrected chi connectivity index (χ3v) is 4.82. The largest absolute Gasteiger partial charge is 0.493 e. The molecule has 0 saturated carbocycles. The Morgan fingerprint density at radius 3 is 2.62 bits per heavy atom. The molecule has 136 valence electrons. The molecule has 1 aromatic heterocycles. The quantitative estimate of drug-likeness (QED) is 0.559. The van der Waals surface area contributed by atoms with Gasteiger partial charge in [0.25, 0.3) is 0 Å². The predicted octanol–water partition coefficient (Wildman–Crippen LogP) is 5.51. The molecule has 0 amide bonds. The van der Waals surface area contributed by atoms with Crippen LogP contribution in [0, 0.1) is 4.91 Å². The van der Waals surface area contributed by atoms with Gasteiger partial charge in [0.05, 0.1) is 35.8 Å². The summed E-state index contributed by atoms with van der Waals surface area (Å²) in [5.74, 6) is 0.918. The first-order valence-electron chi connectivity index (χ1n) is 7.84. The van der Waals surface area contributed by atoms with Crippen LogP contribution < -0.4 is 9.47 Å². The molecular weight excluding hydrogens is 379 g/mol. The second-order valence-corrected chi connectivity index (χ2v) is 6.31. The van der Waals surface area contributed by atoms with Gasteiger partial charge in [-0.15, -0.1) is 4.91 Å². The van der Waals surface area contributed by atoms with Gasteiger partial charge < -0.3 is 19.1 Å². The van der Waals surface area contributed by atoms with Crippen molar-refractivity contribution in [3.05, 3.63) is 50.8 Å². The maximum Gasteiger partial charge on any atom is 0.222 e. The van der Waals surface area contributed by atoms with E-state index >= 15 is 0 Å². The third kappa shape index (κ3) is 3.06. The normalized spacial score (nSPS) is 10.9. The van der Waals surface area contributed by atoms with Gasteiger partial charge in [-0.05, 0) is 41.9 Å². The number of aromatic hydroxyl groups is 1. The van der Waals surface area contributed by atoms with Crippen molar-refractivity contribution in [1.29, 1.82) is 0 Å². The fraction of sp³-hybridized carbons (Fsp3) is 0.222. The van der Waals surface area contributed by atoms with Gasteiger partial charge in [0.15, 0.2) is 17.2 Å². The molecule has 1 N–H and O–H groups in total. The van der Waals surface area contributed by atoms with E-state index in [-0.39, 0.29) is 23.1 Å². The predicted molar refractivity (Wildman–Crippen MR) is 102 cm³/mol. The molecule has 0 bridgehead atoms. The van der Waals surface area contributed by atoms with Gasteiger partial charge in [-0.25, -0.2) is 0 Å². The van der Waals surface area contributed by atoms with Crippen LogP contribution in [-0.4, -0.2) is 23.4 Å². The standard InChI is InChI=1S/C18H16Cl2N2O4/c1-3-26-13-7-4-10(8-14(13)25-2)9-22-17-11(16(21-24)18(22)23)5-6-12(19)15(17)20/h4-8,23H,3,9H2,1-2H3. The highest BCUT2D eigenvalue weighted by Crippen LogP contribution is 2.44. The van der Waals surface area contributed by atoms with Crippen LogP contribution in [-0.2, 0) is 6.54 Å². The fourth-order valence-corrected chi connectivity index (χ4v) is 3.28. The minimum atomic E-state index is -0.271. The molecule has 3 rings (SSSR count). The van der Waals surface area contributed by atoms with Crippen LogP contribution in [0.15, 0.2) is 35.5 Å². The number of methoxy groups -OCH3 is 1. The van der Waals surface area contributed by atoms with Gasteiger partial charge >= 0.3 is 0 Å². The van der Waals surface area contributed by atoms with Crippen LogP contribution in [0.4, 0.5) is 5.69 Å². The summed E-state index contributed by atoms with van der Waals surface area (Å²) in [6, 6.07) is 8.59. The zero-order valence-electron chi connectivity index (χ0n) is 14.1. The Balaban J connectivity index is 2.13. The highest BCUT2D eigenvalue weighted by atomic mass is 35.5. The van der Waals surface area contributed by atoms with E-state index in [0.29, 0.717) is 34.0 Å². The van der Waals surface area contributed by atoms with Crippen LogP contribution >= 0.6 is 23.2 Å². The molecule has 0 aliphatic carbocycles. The van der Waals surface area contributed by atoms with Crippen LogP contribution in [0.3, 0.4) is 0 Å². The summed E-state index contributed by atoms with van der Waals surface area (Å²) in [5.41, 5.74) is 1.18. The van der Waals surface area contributed by atoms with E-state index in [9.17, 15) is 10.0 Å². The molecule has 3 aromatic rings. The number of benzene rings is 2. The molecule has 0 unspecified atom stereocenters. The smallest absolute Gasteiger partial charge is 0.222 e. The van der Waals surface area contributed by atoms with E-state index in [0.717, 1.165) is 5.56 Å². The monoisotopic (exact) mass is 394 g/mol. The van der Waals surface area contributed by atoms with E-state index in [1.807, 2.05) is 13.0 Å². The summed E-state index contributed by atoms with van der Waals surface area (Å²) < 4.78 is 12.4. The van der Waals surface area contributed by atoms with Crippen LogP contribution in [0.1, 0.15) is 12.5 Å². The summed E-state index contributed by atoms with van der Waals surface area (Å²) in [4.78, 5) is 11.2. The Hall–Kier alpha value is -2.44. The molecule has 2 aromatic carbocycles. The summed E-state index contributed by atoms with van der Waals surface area (Å²) in [6.07, 6.45) is 0. The fourth-order valence-electron chi connectivity index (χ4n) is 2.86. The van der Waals surface area contributed by atoms with Crippen molar-refractivity contribution in [2.24, 2.45) is 5.18 Å². The molecule has 26 heavy (non-hydrogen) atoms. The number of aromatic nitrogens is 1. The van der Waals surface area contributed by atoms with Crippen molar-refractivity contribution in [3.63, 3.8) is 0 Å². The molecule has 8 heteroatoms. The highest BCUT2D eigenvalue weighted by Gasteiger charge is 2.21. The summed E-state index contributed by atoms with van der Waals surface area (Å²) in [5, 5.41) is 14.4. The van der Waals surface area contributed by atoms with Crippen molar-refractivity contribution in [2.45, 2.75) is 13.5 Å². The molecule has 0 aliphatic rings. The zero-order valence-corrected chi connectivity index (χ0v) is 15.6. The first-order valence-corrected chi connectivity index (χ1v) is 8.59. The van der Waals surface area contributed by atoms with E-state index < -0.39 is 0 Å². The molecule has 6 nitrogen and oxygen atoms in total. The van der Waals surface area contributed by atoms with Crippen LogP contribution in [0.5, 0.6) is 17.4 Å². The van der Waals surface area contributed by atoms with Gasteiger partial charge in [0.2, 0.25) is 5.88 Å². The number of ether oxygens (including phenoxy) is 2. The van der Waals surface area contributed by atoms with Gasteiger partial charge in [0, 0.05) is 5.39 Å². The van der Waals surface area contributed by atoms with Crippen molar-refractivity contribution >= 4 is 39.8 Å². The highest BCUT2D eigenvalue weighted by molar-refractivity contribution is 6.45. The van der Waals surface area contributed by atoms with Crippen LogP contribution in [0.2, 0.25) is 10.0 Å². The average molecular weight is 395 g/mol. The topological polar surface area (TPSA) is 73.0 Å². The molecule has 0 atom stereocenters. The van der Waals surface area contributed by atoms with E-state index in [2.05, 4.69) is 5.18 Å². The molecule has 0 radical (unpaired) electrons. The summed E-state index contributed by atoms with van der Waals surface area (Å²) in [6.45, 7) is 2.64. The Bertz CT molecular complexity index is 985. The lowest BCUT2D eigenvalue weighted by Gasteiger charge is -2.13. The number of nitrogens with zero attached hydrogens (tertiary/aromatic N) is 2. The molecule has 0 fully saturated rings. The number of hydrogen-bond acceptors (Lipinski definition) is 5. The van der Waals surface area contributed by atoms with Crippen molar-refractivity contribution in [3.8, 4) is 17.4 Å². The third-order valence-electron chi connectivity index (χ3n) is 4.02. The number of rotatable bonds is 6. The maximum absolute atomic E-state index is 11.2. The minimum Gasteiger partial charge on any atom is -0.493 e. The molecule has 0 saturated heterocycles. The number of nitroso groups, excluding NO2 is 1. The number of fused-ring (bicyclic) bond motifs is 1. The Kier molecular flexibility index (Phi) is 5.25. The van der Waals surface area contributed by atoms with Gasteiger partial charge in [-0.1, -0.05) is 29.3 Å². The molecule has 0 spiro atoms. The van der Waals surface area contributed by atoms with Crippen LogP contribution in [0.25, 0.3) is 10.9 Å². The Morgan fingerprint density at radius 1 is 1.19 bits per heavy atom. The number of halogens is 2. The average Bonchev–Trinajstić information content (AvgIpc) is 2.91. The minimum absolute atomic E-state index is 0.0727. The molecule has 1 heterocycles. The lowest BCUT2D eigenvalue weighted by atomic mass is 10.2. The van der Waals surface area contributed by atoms with E-state index in [4.69, 9.17) is 32.7 Å². The summed E-state index contributed by atoms with van der Waals surface area (Å²) >= 11 is 12.4.